The molecule has 0 atom stereocenters. The Balaban J connectivity index is 0.000000141. The van der Waals surface area contributed by atoms with Crippen LogP contribution in [0.4, 0.5) is 5.13 Å². The Bertz CT molecular complexity index is 647. The van der Waals surface area contributed by atoms with Gasteiger partial charge in [0, 0.05) is 0 Å². The molecule has 0 aliphatic carbocycles. The molecule has 0 saturated heterocycles. The van der Waals surface area contributed by atoms with Gasteiger partial charge < -0.3 is 10.8 Å². The van der Waals surface area contributed by atoms with Crippen LogP contribution < -0.4 is 5.73 Å². The highest BCUT2D eigenvalue weighted by atomic mass is 32.1. The van der Waals surface area contributed by atoms with E-state index in [4.69, 9.17) is 10.8 Å². The molecular formula is C14H12N2O2S. The second-order valence-electron chi connectivity index (χ2n) is 3.69. The van der Waals surface area contributed by atoms with E-state index in [0.29, 0.717) is 10.7 Å². The number of rotatable bonds is 1. The summed E-state index contributed by atoms with van der Waals surface area (Å²) in [5.41, 5.74) is 6.82. The van der Waals surface area contributed by atoms with Crippen molar-refractivity contribution in [3.63, 3.8) is 0 Å². The van der Waals surface area contributed by atoms with Gasteiger partial charge in [-0.15, -0.1) is 0 Å². The van der Waals surface area contributed by atoms with Gasteiger partial charge >= 0.3 is 5.97 Å². The van der Waals surface area contributed by atoms with Gasteiger partial charge in [0.15, 0.2) is 5.13 Å². The zero-order valence-corrected chi connectivity index (χ0v) is 10.8. The summed E-state index contributed by atoms with van der Waals surface area (Å²) in [5, 5.41) is 9.02. The first-order valence-corrected chi connectivity index (χ1v) is 6.38. The van der Waals surface area contributed by atoms with Crippen molar-refractivity contribution < 1.29 is 9.90 Å². The monoisotopic (exact) mass is 272 g/mol. The van der Waals surface area contributed by atoms with Crippen LogP contribution in [0.5, 0.6) is 0 Å². The number of aromatic nitrogens is 1. The van der Waals surface area contributed by atoms with E-state index in [2.05, 4.69) is 4.98 Å². The number of carbonyl (C=O) groups is 1. The molecule has 1 heterocycles. The molecular weight excluding hydrogens is 260 g/mol. The number of nitrogens with zero attached hydrogens (tertiary/aromatic N) is 1. The Labute approximate surface area is 114 Å². The first-order chi connectivity index (χ1) is 9.16. The molecule has 19 heavy (non-hydrogen) atoms. The molecule has 3 aromatic rings. The highest BCUT2D eigenvalue weighted by Crippen LogP contribution is 2.22. The van der Waals surface area contributed by atoms with E-state index in [1.807, 2.05) is 24.3 Å². The summed E-state index contributed by atoms with van der Waals surface area (Å²) in [5.74, 6) is -0.879. The summed E-state index contributed by atoms with van der Waals surface area (Å²) < 4.78 is 1.15. The molecule has 0 radical (unpaired) electrons. The van der Waals surface area contributed by atoms with Crippen LogP contribution >= 0.6 is 11.3 Å². The van der Waals surface area contributed by atoms with Crippen LogP contribution in [0.15, 0.2) is 54.6 Å². The number of nitrogens with two attached hydrogens (primary N) is 1. The minimum absolute atomic E-state index is 0.331. The molecule has 96 valence electrons. The van der Waals surface area contributed by atoms with Crippen LogP contribution in [0.3, 0.4) is 0 Å². The van der Waals surface area contributed by atoms with Gasteiger partial charge in [-0.05, 0) is 24.3 Å². The summed E-state index contributed by atoms with van der Waals surface area (Å²) >= 11 is 1.52. The second kappa shape index (κ2) is 5.97. The average molecular weight is 272 g/mol. The molecule has 3 rings (SSSR count). The maximum absolute atomic E-state index is 10.2. The number of carboxylic acids is 1. The van der Waals surface area contributed by atoms with Gasteiger partial charge in [0.1, 0.15) is 0 Å². The molecule has 0 unspecified atom stereocenters. The third-order valence-electron chi connectivity index (χ3n) is 2.33. The van der Waals surface area contributed by atoms with E-state index in [9.17, 15) is 4.79 Å². The Kier molecular flexibility index (Phi) is 4.10. The van der Waals surface area contributed by atoms with Gasteiger partial charge in [-0.2, -0.15) is 0 Å². The number of benzene rings is 2. The molecule has 0 saturated carbocycles. The van der Waals surface area contributed by atoms with Crippen molar-refractivity contribution in [1.29, 1.82) is 0 Å². The zero-order chi connectivity index (χ0) is 13.7. The number of para-hydroxylation sites is 1. The third-order valence-corrected chi connectivity index (χ3v) is 3.20. The molecule has 2 aromatic carbocycles. The van der Waals surface area contributed by atoms with Crippen molar-refractivity contribution in [3.8, 4) is 0 Å². The molecule has 0 aliphatic heterocycles. The largest absolute Gasteiger partial charge is 0.478 e. The lowest BCUT2D eigenvalue weighted by Gasteiger charge is -1.88. The molecule has 0 bridgehead atoms. The molecule has 5 heteroatoms. The van der Waals surface area contributed by atoms with E-state index < -0.39 is 5.97 Å². The van der Waals surface area contributed by atoms with Crippen LogP contribution in [0.1, 0.15) is 10.4 Å². The van der Waals surface area contributed by atoms with Gasteiger partial charge in [-0.3, -0.25) is 0 Å². The molecule has 4 nitrogen and oxygen atoms in total. The number of fused-ring (bicyclic) bond motifs is 1. The van der Waals surface area contributed by atoms with Crippen molar-refractivity contribution in [2.75, 3.05) is 5.73 Å². The Morgan fingerprint density at radius 2 is 1.68 bits per heavy atom. The van der Waals surface area contributed by atoms with Gasteiger partial charge in [0.05, 0.1) is 15.8 Å². The number of hydrogen-bond acceptors (Lipinski definition) is 4. The lowest BCUT2D eigenvalue weighted by atomic mass is 10.2. The summed E-state index contributed by atoms with van der Waals surface area (Å²) in [7, 11) is 0. The van der Waals surface area contributed by atoms with Crippen LogP contribution in [0.2, 0.25) is 0 Å². The van der Waals surface area contributed by atoms with Crippen LogP contribution in [-0.2, 0) is 0 Å². The Hall–Kier alpha value is -2.40. The summed E-state index contributed by atoms with van der Waals surface area (Å²) in [6, 6.07) is 16.2. The molecule has 1 aromatic heterocycles. The Morgan fingerprint density at radius 3 is 2.26 bits per heavy atom. The van der Waals surface area contributed by atoms with Gasteiger partial charge in [0.25, 0.3) is 0 Å². The summed E-state index contributed by atoms with van der Waals surface area (Å²) in [4.78, 5) is 14.3. The normalized spacial score (nSPS) is 9.68. The van der Waals surface area contributed by atoms with Crippen LogP contribution in [0.25, 0.3) is 10.2 Å². The van der Waals surface area contributed by atoms with E-state index in [-0.39, 0.29) is 0 Å². The van der Waals surface area contributed by atoms with Gasteiger partial charge in [0.2, 0.25) is 0 Å². The lowest BCUT2D eigenvalue weighted by molar-refractivity contribution is 0.0697. The predicted octanol–water partition coefficient (Wildman–Crippen LogP) is 3.26. The number of anilines is 1. The van der Waals surface area contributed by atoms with Crippen molar-refractivity contribution in [2.45, 2.75) is 0 Å². The minimum atomic E-state index is -0.879. The second-order valence-corrected chi connectivity index (χ2v) is 4.75. The molecule has 0 spiro atoms. The van der Waals surface area contributed by atoms with Crippen LogP contribution in [0, 0.1) is 0 Å². The van der Waals surface area contributed by atoms with E-state index in [0.717, 1.165) is 10.2 Å². The van der Waals surface area contributed by atoms with Crippen molar-refractivity contribution in [2.24, 2.45) is 0 Å². The number of carboxylic acid groups (broad SMARTS) is 1. The van der Waals surface area contributed by atoms with E-state index in [1.165, 1.54) is 11.3 Å². The molecule has 0 amide bonds. The molecule has 3 N–H and O–H groups in total. The number of hydrogen-bond donors (Lipinski definition) is 2. The summed E-state index contributed by atoms with van der Waals surface area (Å²) in [6.45, 7) is 0. The number of thiazole rings is 1. The summed E-state index contributed by atoms with van der Waals surface area (Å²) in [6.07, 6.45) is 0. The standard InChI is InChI=1S/C7H6N2S.C7H6O2/c8-7-9-5-3-1-2-4-6(5)10-7;8-7(9)6-4-2-1-3-5-6/h1-4H,(H2,8,9);1-5H,(H,8,9). The Morgan fingerprint density at radius 1 is 1.05 bits per heavy atom. The maximum atomic E-state index is 10.2. The fraction of sp³-hybridized carbons (Fsp3) is 0. The highest BCUT2D eigenvalue weighted by molar-refractivity contribution is 7.22. The fourth-order valence-corrected chi connectivity index (χ4v) is 2.20. The molecule has 0 aliphatic rings. The third kappa shape index (κ3) is 3.53. The predicted molar refractivity (Wildman–Crippen MR) is 77.4 cm³/mol. The highest BCUT2D eigenvalue weighted by Gasteiger charge is 1.97. The topological polar surface area (TPSA) is 76.2 Å². The quantitative estimate of drug-likeness (QED) is 0.713. The SMILES string of the molecule is Nc1nc2ccccc2s1.O=C(O)c1ccccc1. The van der Waals surface area contributed by atoms with Gasteiger partial charge in [-0.1, -0.05) is 41.7 Å². The van der Waals surface area contributed by atoms with Gasteiger partial charge in [-0.25, -0.2) is 9.78 Å². The first kappa shape index (κ1) is 13.0. The average Bonchev–Trinajstić information content (AvgIpc) is 2.80. The fourth-order valence-electron chi connectivity index (χ4n) is 1.47. The van der Waals surface area contributed by atoms with Crippen LogP contribution in [-0.4, -0.2) is 16.1 Å². The van der Waals surface area contributed by atoms with Crippen molar-refractivity contribution in [3.05, 3.63) is 60.2 Å². The van der Waals surface area contributed by atoms with Crippen molar-refractivity contribution >= 4 is 32.7 Å². The zero-order valence-electron chi connectivity index (χ0n) is 9.98. The van der Waals surface area contributed by atoms with Crippen molar-refractivity contribution in [1.82, 2.24) is 4.98 Å². The lowest BCUT2D eigenvalue weighted by Crippen LogP contribution is -1.93. The maximum Gasteiger partial charge on any atom is 0.335 e. The number of aromatic carboxylic acids is 1. The minimum Gasteiger partial charge on any atom is -0.478 e. The van der Waals surface area contributed by atoms with E-state index >= 15 is 0 Å². The number of nitrogen functional groups attached to an aromatic ring is 1. The van der Waals surface area contributed by atoms with E-state index in [1.54, 1.807) is 30.3 Å². The smallest absolute Gasteiger partial charge is 0.335 e. The first-order valence-electron chi connectivity index (χ1n) is 5.56. The molecule has 0 fully saturated rings.